The van der Waals surface area contributed by atoms with E-state index < -0.39 is 46.4 Å². The zero-order chi connectivity index (χ0) is 29.2. The van der Waals surface area contributed by atoms with Crippen LogP contribution < -0.4 is 25.6 Å². The van der Waals surface area contributed by atoms with Gasteiger partial charge in [-0.05, 0) is 54.3 Å². The maximum atomic E-state index is 14.2. The number of hydrogen-bond donors (Lipinski definition) is 2. The van der Waals surface area contributed by atoms with Gasteiger partial charge in [0.2, 0.25) is 22.3 Å². The lowest BCUT2D eigenvalue weighted by Crippen LogP contribution is -2.54. The summed E-state index contributed by atoms with van der Waals surface area (Å²) in [5.41, 5.74) is 14.4. The van der Waals surface area contributed by atoms with Gasteiger partial charge in [-0.25, -0.2) is 17.5 Å². The van der Waals surface area contributed by atoms with Crippen molar-refractivity contribution >= 4 is 51.3 Å². The van der Waals surface area contributed by atoms with Crippen molar-refractivity contribution < 1.29 is 27.6 Å². The molecule has 2 atom stereocenters. The summed E-state index contributed by atoms with van der Waals surface area (Å²) in [6.07, 6.45) is 1.09. The molecule has 0 radical (unpaired) electrons. The highest BCUT2D eigenvalue weighted by molar-refractivity contribution is 7.92. The number of carbonyl (C=O) groups is 4. The van der Waals surface area contributed by atoms with Crippen molar-refractivity contribution in [2.24, 2.45) is 11.5 Å². The molecule has 0 saturated heterocycles. The number of benzene rings is 3. The van der Waals surface area contributed by atoms with Gasteiger partial charge in [-0.1, -0.05) is 48.5 Å². The summed E-state index contributed by atoms with van der Waals surface area (Å²) in [7, 11) is -3.98. The van der Waals surface area contributed by atoms with Crippen LogP contribution in [0.15, 0.2) is 72.8 Å². The summed E-state index contributed by atoms with van der Waals surface area (Å²) < 4.78 is 24.8. The van der Waals surface area contributed by atoms with Gasteiger partial charge in [0.1, 0.15) is 12.6 Å². The second-order valence-corrected chi connectivity index (χ2v) is 11.4. The van der Waals surface area contributed by atoms with Crippen molar-refractivity contribution in [2.45, 2.75) is 25.3 Å². The molecule has 0 bridgehead atoms. The summed E-state index contributed by atoms with van der Waals surface area (Å²) in [5, 5.41) is 0. The average Bonchev–Trinajstić information content (AvgIpc) is 2.99. The van der Waals surface area contributed by atoms with Gasteiger partial charge in [0, 0.05) is 17.3 Å². The second-order valence-electron chi connectivity index (χ2n) is 9.56. The Morgan fingerprint density at radius 3 is 2.27 bits per heavy atom. The number of nitrogens with two attached hydrogens (primary N) is 2. The van der Waals surface area contributed by atoms with Crippen molar-refractivity contribution in [3.8, 4) is 0 Å². The van der Waals surface area contributed by atoms with Gasteiger partial charge in [-0.3, -0.25) is 19.3 Å². The SMILES string of the molecule is Cc1ccc2c(c1)N(CC(N)=O)C(=O)C(N(C(N)=O)c1cccc(N(C=O)S(C)(=O)=O)c1)CC2c1ccccc1. The van der Waals surface area contributed by atoms with E-state index in [1.54, 1.807) is 6.07 Å². The van der Waals surface area contributed by atoms with Crippen LogP contribution in [0.1, 0.15) is 29.0 Å². The Morgan fingerprint density at radius 2 is 1.68 bits per heavy atom. The minimum atomic E-state index is -3.98. The van der Waals surface area contributed by atoms with Gasteiger partial charge in [-0.15, -0.1) is 0 Å². The Labute approximate surface area is 232 Å². The molecule has 5 amide bonds. The first kappa shape index (κ1) is 28.3. The number of nitrogens with zero attached hydrogens (tertiary/aromatic N) is 3. The Morgan fingerprint density at radius 1 is 1.00 bits per heavy atom. The van der Waals surface area contributed by atoms with E-state index in [0.29, 0.717) is 9.99 Å². The fraction of sp³-hybridized carbons (Fsp3) is 0.214. The third-order valence-electron chi connectivity index (χ3n) is 6.74. The quantitative estimate of drug-likeness (QED) is 0.399. The lowest BCUT2D eigenvalue weighted by atomic mass is 9.85. The molecular formula is C28H29N5O6S. The predicted molar refractivity (Wildman–Crippen MR) is 151 cm³/mol. The molecule has 11 nitrogen and oxygen atoms in total. The van der Waals surface area contributed by atoms with Crippen molar-refractivity contribution in [1.29, 1.82) is 0 Å². The molecule has 1 heterocycles. The zero-order valence-electron chi connectivity index (χ0n) is 21.9. The number of amides is 5. The highest BCUT2D eigenvalue weighted by Gasteiger charge is 2.41. The van der Waals surface area contributed by atoms with E-state index >= 15 is 0 Å². The molecule has 1 aliphatic heterocycles. The van der Waals surface area contributed by atoms with Crippen LogP contribution in [0.2, 0.25) is 0 Å². The molecule has 2 unspecified atom stereocenters. The number of aryl methyl sites for hydroxylation is 1. The summed E-state index contributed by atoms with van der Waals surface area (Å²) >= 11 is 0. The third kappa shape index (κ3) is 5.66. The molecule has 4 N–H and O–H groups in total. The molecule has 3 aromatic rings. The van der Waals surface area contributed by atoms with E-state index in [4.69, 9.17) is 11.5 Å². The molecule has 0 saturated carbocycles. The monoisotopic (exact) mass is 563 g/mol. The van der Waals surface area contributed by atoms with Gasteiger partial charge in [0.25, 0.3) is 5.91 Å². The van der Waals surface area contributed by atoms with E-state index in [2.05, 4.69) is 0 Å². The van der Waals surface area contributed by atoms with Gasteiger partial charge in [-0.2, -0.15) is 0 Å². The van der Waals surface area contributed by atoms with Crippen LogP contribution in [0.3, 0.4) is 0 Å². The van der Waals surface area contributed by atoms with E-state index in [0.717, 1.165) is 27.8 Å². The minimum absolute atomic E-state index is 0.0465. The fourth-order valence-electron chi connectivity index (χ4n) is 5.04. The molecule has 4 rings (SSSR count). The normalized spacial score (nSPS) is 16.9. The van der Waals surface area contributed by atoms with Crippen molar-refractivity contribution in [3.05, 3.63) is 89.5 Å². The topological polar surface area (TPSA) is 164 Å². The summed E-state index contributed by atoms with van der Waals surface area (Å²) in [5.74, 6) is -1.74. The molecule has 0 fully saturated rings. The number of urea groups is 1. The van der Waals surface area contributed by atoms with E-state index in [1.165, 1.54) is 29.2 Å². The number of rotatable bonds is 8. The molecule has 208 valence electrons. The molecule has 0 spiro atoms. The predicted octanol–water partition coefficient (Wildman–Crippen LogP) is 2.23. The molecule has 0 aliphatic carbocycles. The Hall–Kier alpha value is -4.71. The maximum Gasteiger partial charge on any atom is 0.320 e. The maximum absolute atomic E-state index is 14.2. The smallest absolute Gasteiger partial charge is 0.320 e. The van der Waals surface area contributed by atoms with Crippen LogP contribution in [0, 0.1) is 6.92 Å². The number of hydrogen-bond acceptors (Lipinski definition) is 6. The first-order valence-electron chi connectivity index (χ1n) is 12.3. The van der Waals surface area contributed by atoms with Crippen LogP contribution in [0.5, 0.6) is 0 Å². The number of carbonyl (C=O) groups excluding carboxylic acids is 4. The Balaban J connectivity index is 1.92. The van der Waals surface area contributed by atoms with Crippen LogP contribution in [0.4, 0.5) is 21.9 Å². The van der Waals surface area contributed by atoms with E-state index in [1.807, 2.05) is 49.4 Å². The number of sulfonamides is 1. The second kappa shape index (κ2) is 11.2. The van der Waals surface area contributed by atoms with Crippen LogP contribution in [-0.4, -0.2) is 51.5 Å². The van der Waals surface area contributed by atoms with Gasteiger partial charge in [0.15, 0.2) is 0 Å². The molecule has 12 heteroatoms. The minimum Gasteiger partial charge on any atom is -0.368 e. The van der Waals surface area contributed by atoms with E-state index in [9.17, 15) is 27.6 Å². The summed E-state index contributed by atoms with van der Waals surface area (Å²) in [4.78, 5) is 53.2. The molecule has 1 aliphatic rings. The van der Waals surface area contributed by atoms with Crippen molar-refractivity contribution in [3.63, 3.8) is 0 Å². The largest absolute Gasteiger partial charge is 0.368 e. The highest BCUT2D eigenvalue weighted by Crippen LogP contribution is 2.41. The number of primary amides is 2. The van der Waals surface area contributed by atoms with Crippen LogP contribution in [-0.2, 0) is 24.4 Å². The van der Waals surface area contributed by atoms with Gasteiger partial charge in [0.05, 0.1) is 11.9 Å². The number of fused-ring (bicyclic) bond motifs is 1. The highest BCUT2D eigenvalue weighted by atomic mass is 32.2. The molecule has 3 aromatic carbocycles. The summed E-state index contributed by atoms with van der Waals surface area (Å²) in [6.45, 7) is 1.42. The van der Waals surface area contributed by atoms with Crippen LogP contribution >= 0.6 is 0 Å². The van der Waals surface area contributed by atoms with Crippen molar-refractivity contribution in [2.75, 3.05) is 26.9 Å². The standard InChI is InChI=1S/C28H29N5O6S/c1-18-11-12-22-23(19-7-4-3-5-8-19)15-25(27(36)31(16-26(29)35)24(22)13-18)33(28(30)37)21-10-6-9-20(14-21)32(17-34)40(2,38)39/h3-14,17,23,25H,15-16H2,1-2H3,(H2,29,35)(H2,30,37). The Bertz CT molecular complexity index is 1580. The first-order chi connectivity index (χ1) is 18.9. The lowest BCUT2D eigenvalue weighted by Gasteiger charge is -2.33. The van der Waals surface area contributed by atoms with E-state index in [-0.39, 0.29) is 24.2 Å². The Kier molecular flexibility index (Phi) is 7.91. The third-order valence-corrected chi connectivity index (χ3v) is 7.75. The number of anilines is 3. The van der Waals surface area contributed by atoms with Gasteiger partial charge < -0.3 is 16.4 Å². The van der Waals surface area contributed by atoms with Crippen LogP contribution in [0.25, 0.3) is 0 Å². The molecular weight excluding hydrogens is 534 g/mol. The fourth-order valence-corrected chi connectivity index (χ4v) is 5.69. The average molecular weight is 564 g/mol. The van der Waals surface area contributed by atoms with Gasteiger partial charge >= 0.3 is 6.03 Å². The van der Waals surface area contributed by atoms with Crippen molar-refractivity contribution in [1.82, 2.24) is 0 Å². The molecule has 0 aromatic heterocycles. The zero-order valence-corrected chi connectivity index (χ0v) is 22.7. The summed E-state index contributed by atoms with van der Waals surface area (Å²) in [6, 6.07) is 18.3. The molecule has 40 heavy (non-hydrogen) atoms. The lowest BCUT2D eigenvalue weighted by molar-refractivity contribution is -0.123. The first-order valence-corrected chi connectivity index (χ1v) is 14.2.